The van der Waals surface area contributed by atoms with Gasteiger partial charge >= 0.3 is 0 Å². The number of aromatic nitrogens is 1. The molecule has 0 bridgehead atoms. The third-order valence-corrected chi connectivity index (χ3v) is 5.34. The Morgan fingerprint density at radius 3 is 2.45 bits per heavy atom. The van der Waals surface area contributed by atoms with Gasteiger partial charge in [-0.2, -0.15) is 5.10 Å². The number of nitro groups is 1. The maximum absolute atomic E-state index is 13.2. The fraction of sp³-hybridized carbons (Fsp3) is 0. The third kappa shape index (κ3) is 3.88. The number of fused-ring (bicyclic) bond motifs is 1. The van der Waals surface area contributed by atoms with E-state index in [4.69, 9.17) is 23.2 Å². The first-order valence-corrected chi connectivity index (χ1v) is 9.85. The molecule has 0 atom stereocenters. The molecule has 4 rings (SSSR count). The van der Waals surface area contributed by atoms with Crippen LogP contribution in [0.4, 0.5) is 11.4 Å². The zero-order chi connectivity index (χ0) is 22.0. The van der Waals surface area contributed by atoms with Crippen LogP contribution in [0.25, 0.3) is 10.9 Å². The van der Waals surface area contributed by atoms with Gasteiger partial charge in [-0.25, -0.2) is 0 Å². The number of hydrogen-bond donors (Lipinski definition) is 1. The van der Waals surface area contributed by atoms with Crippen LogP contribution in [-0.4, -0.2) is 21.6 Å². The van der Waals surface area contributed by atoms with E-state index >= 15 is 0 Å². The predicted octanol–water partition coefficient (Wildman–Crippen LogP) is 5.99. The fourth-order valence-electron chi connectivity index (χ4n) is 3.20. The number of carbonyl (C=O) groups excluding carboxylic acids is 1. The van der Waals surface area contributed by atoms with Gasteiger partial charge in [-0.1, -0.05) is 65.7 Å². The Morgan fingerprint density at radius 1 is 1.00 bits per heavy atom. The van der Waals surface area contributed by atoms with Crippen molar-refractivity contribution in [2.24, 2.45) is 5.10 Å². The number of halogens is 2. The molecule has 0 aliphatic carbocycles. The average molecular weight is 453 g/mol. The quantitative estimate of drug-likeness (QED) is 0.228. The summed E-state index contributed by atoms with van der Waals surface area (Å²) in [5.74, 6) is -0.377. The minimum absolute atomic E-state index is 0.109. The molecule has 9 heteroatoms. The summed E-state index contributed by atoms with van der Waals surface area (Å²) < 4.78 is 1.37. The van der Waals surface area contributed by atoms with E-state index < -0.39 is 4.92 Å². The Balaban J connectivity index is 1.76. The average Bonchev–Trinajstić information content (AvgIpc) is 3.05. The van der Waals surface area contributed by atoms with Gasteiger partial charge < -0.3 is 0 Å². The van der Waals surface area contributed by atoms with E-state index in [2.05, 4.69) is 10.5 Å². The molecule has 154 valence electrons. The van der Waals surface area contributed by atoms with Gasteiger partial charge in [0.15, 0.2) is 0 Å². The van der Waals surface area contributed by atoms with Crippen LogP contribution in [0, 0.1) is 10.1 Å². The van der Waals surface area contributed by atoms with Gasteiger partial charge in [0.25, 0.3) is 11.6 Å². The van der Waals surface area contributed by atoms with Gasteiger partial charge in [-0.15, -0.1) is 0 Å². The molecule has 1 aromatic heterocycles. The molecule has 0 fully saturated rings. The summed E-state index contributed by atoms with van der Waals surface area (Å²) in [6.45, 7) is 0. The maximum atomic E-state index is 13.2. The summed E-state index contributed by atoms with van der Waals surface area (Å²) in [5, 5.41) is 16.4. The Hall–Kier alpha value is -3.68. The van der Waals surface area contributed by atoms with Crippen LogP contribution in [0.3, 0.4) is 0 Å². The molecule has 0 saturated heterocycles. The molecule has 1 heterocycles. The summed E-state index contributed by atoms with van der Waals surface area (Å²) in [6, 6.07) is 20.0. The topological polar surface area (TPSA) is 89.5 Å². The smallest absolute Gasteiger partial charge is 0.272 e. The second-order valence-electron chi connectivity index (χ2n) is 6.49. The van der Waals surface area contributed by atoms with E-state index in [-0.39, 0.29) is 22.4 Å². The highest BCUT2D eigenvalue weighted by molar-refractivity contribution is 6.37. The second-order valence-corrected chi connectivity index (χ2v) is 7.25. The van der Waals surface area contributed by atoms with Crippen molar-refractivity contribution < 1.29 is 9.72 Å². The van der Waals surface area contributed by atoms with E-state index in [0.29, 0.717) is 27.1 Å². The zero-order valence-electron chi connectivity index (χ0n) is 15.8. The zero-order valence-corrected chi connectivity index (χ0v) is 17.3. The number of nitro benzene ring substituents is 1. The Morgan fingerprint density at radius 2 is 1.68 bits per heavy atom. The van der Waals surface area contributed by atoms with E-state index in [9.17, 15) is 14.9 Å². The van der Waals surface area contributed by atoms with Crippen molar-refractivity contribution in [2.45, 2.75) is 0 Å². The number of benzene rings is 3. The molecular formula is C22H14Cl2N4O3. The highest BCUT2D eigenvalue weighted by atomic mass is 35.5. The van der Waals surface area contributed by atoms with E-state index in [1.54, 1.807) is 54.6 Å². The summed E-state index contributed by atoms with van der Waals surface area (Å²) in [4.78, 5) is 23.9. The van der Waals surface area contributed by atoms with Crippen molar-refractivity contribution in [3.05, 3.63) is 104 Å². The minimum Gasteiger partial charge on any atom is -0.272 e. The predicted molar refractivity (Wildman–Crippen MR) is 122 cm³/mol. The van der Waals surface area contributed by atoms with Crippen LogP contribution in [0.15, 0.2) is 77.9 Å². The van der Waals surface area contributed by atoms with E-state index in [1.807, 2.05) is 12.1 Å². The number of para-hydroxylation sites is 3. The summed E-state index contributed by atoms with van der Waals surface area (Å²) >= 11 is 12.8. The minimum atomic E-state index is -0.501. The molecular weight excluding hydrogens is 439 g/mol. The highest BCUT2D eigenvalue weighted by Gasteiger charge is 2.21. The Bertz CT molecular complexity index is 1350. The number of hydrazone groups is 1. The number of carbonyl (C=O) groups is 1. The maximum Gasteiger partial charge on any atom is 0.294 e. The summed E-state index contributed by atoms with van der Waals surface area (Å²) in [7, 11) is 0. The van der Waals surface area contributed by atoms with Crippen LogP contribution in [0.5, 0.6) is 0 Å². The van der Waals surface area contributed by atoms with Crippen LogP contribution in [-0.2, 0) is 0 Å². The van der Waals surface area contributed by atoms with Crippen molar-refractivity contribution in [1.29, 1.82) is 0 Å². The first-order chi connectivity index (χ1) is 15.0. The molecule has 0 aliphatic heterocycles. The normalized spacial score (nSPS) is 11.2. The van der Waals surface area contributed by atoms with Crippen molar-refractivity contribution in [3.8, 4) is 0 Å². The summed E-state index contributed by atoms with van der Waals surface area (Å²) in [5.41, 5.74) is 4.18. The van der Waals surface area contributed by atoms with Gasteiger partial charge in [-0.3, -0.25) is 24.9 Å². The molecule has 1 N–H and O–H groups in total. The van der Waals surface area contributed by atoms with Crippen molar-refractivity contribution in [3.63, 3.8) is 0 Å². The van der Waals surface area contributed by atoms with Crippen molar-refractivity contribution in [2.75, 3.05) is 5.43 Å². The first kappa shape index (κ1) is 20.6. The van der Waals surface area contributed by atoms with Gasteiger partial charge in [0.2, 0.25) is 0 Å². The van der Waals surface area contributed by atoms with Crippen LogP contribution < -0.4 is 5.43 Å². The number of hydrogen-bond acceptors (Lipinski definition) is 5. The molecule has 3 aromatic carbocycles. The molecule has 0 saturated carbocycles. The van der Waals surface area contributed by atoms with E-state index in [0.717, 1.165) is 0 Å². The fourth-order valence-corrected chi connectivity index (χ4v) is 3.74. The standard InChI is InChI=1S/C22H14Cl2N4O3/c23-17-9-3-1-8-15(17)22(29)27-19-11-5-2-7-14(19)16(21(27)24)13-25-26-18-10-4-6-12-20(18)28(30)31/h1-13,26H/b25-13-. The number of nitrogens with one attached hydrogen (secondary N) is 1. The number of anilines is 1. The lowest BCUT2D eigenvalue weighted by Crippen LogP contribution is -2.12. The monoisotopic (exact) mass is 452 g/mol. The number of rotatable bonds is 5. The lowest BCUT2D eigenvalue weighted by Gasteiger charge is -2.07. The highest BCUT2D eigenvalue weighted by Crippen LogP contribution is 2.31. The SMILES string of the molecule is O=C(c1ccccc1Cl)n1c(Cl)c(/C=N\Nc2ccccc2[N+](=O)[O-])c2ccccc21. The molecule has 4 aromatic rings. The molecule has 7 nitrogen and oxygen atoms in total. The van der Waals surface area contributed by atoms with Crippen molar-refractivity contribution in [1.82, 2.24) is 4.57 Å². The summed E-state index contributed by atoms with van der Waals surface area (Å²) in [6.07, 6.45) is 1.43. The van der Waals surface area contributed by atoms with Gasteiger partial charge in [-0.05, 0) is 24.3 Å². The molecule has 0 radical (unpaired) electrons. The molecule has 0 amide bonds. The first-order valence-electron chi connectivity index (χ1n) is 9.09. The van der Waals surface area contributed by atoms with Crippen molar-refractivity contribution >= 4 is 57.6 Å². The Labute approximate surface area is 186 Å². The second kappa shape index (κ2) is 8.59. The van der Waals surface area contributed by atoms with Crippen LogP contribution in [0.1, 0.15) is 15.9 Å². The third-order valence-electron chi connectivity index (χ3n) is 4.64. The number of nitrogens with zero attached hydrogens (tertiary/aromatic N) is 3. The van der Waals surface area contributed by atoms with Crippen LogP contribution in [0.2, 0.25) is 10.2 Å². The Kier molecular flexibility index (Phi) is 5.70. The molecule has 0 spiro atoms. The lowest BCUT2D eigenvalue weighted by atomic mass is 10.2. The lowest BCUT2D eigenvalue weighted by molar-refractivity contribution is -0.384. The molecule has 0 unspecified atom stereocenters. The van der Waals surface area contributed by atoms with Crippen LogP contribution >= 0.6 is 23.2 Å². The largest absolute Gasteiger partial charge is 0.294 e. The van der Waals surface area contributed by atoms with E-state index in [1.165, 1.54) is 16.8 Å². The molecule has 0 aliphatic rings. The molecule has 31 heavy (non-hydrogen) atoms. The van der Waals surface area contributed by atoms with Gasteiger partial charge in [0, 0.05) is 17.0 Å². The van der Waals surface area contributed by atoms with Gasteiger partial charge in [0.05, 0.1) is 27.2 Å². The van der Waals surface area contributed by atoms with Gasteiger partial charge in [0.1, 0.15) is 10.8 Å².